The van der Waals surface area contributed by atoms with Crippen molar-refractivity contribution in [3.05, 3.63) is 29.6 Å². The molecule has 0 bridgehead atoms. The summed E-state index contributed by atoms with van der Waals surface area (Å²) < 4.78 is 5.71. The minimum Gasteiger partial charge on any atom is -0.378 e. The highest BCUT2D eigenvalue weighted by molar-refractivity contribution is 5.20. The van der Waals surface area contributed by atoms with Crippen LogP contribution >= 0.6 is 0 Å². The predicted molar refractivity (Wildman–Crippen MR) is 82.8 cm³/mol. The van der Waals surface area contributed by atoms with Gasteiger partial charge < -0.3 is 10.1 Å². The third kappa shape index (κ3) is 4.88. The zero-order chi connectivity index (χ0) is 14.2. The SMILES string of the molecule is CCCNC(CCCC1CCCO1)c1cncc(C)c1. The molecule has 3 heteroatoms. The summed E-state index contributed by atoms with van der Waals surface area (Å²) in [7, 11) is 0. The molecule has 2 unspecified atom stereocenters. The molecule has 0 aromatic carbocycles. The van der Waals surface area contributed by atoms with Crippen molar-refractivity contribution < 1.29 is 4.74 Å². The fourth-order valence-electron chi connectivity index (χ4n) is 2.90. The monoisotopic (exact) mass is 276 g/mol. The number of pyridine rings is 1. The summed E-state index contributed by atoms with van der Waals surface area (Å²) in [5, 5.41) is 3.66. The van der Waals surface area contributed by atoms with Gasteiger partial charge in [-0.25, -0.2) is 0 Å². The van der Waals surface area contributed by atoms with Crippen LogP contribution in [0.3, 0.4) is 0 Å². The second kappa shape index (κ2) is 8.38. The van der Waals surface area contributed by atoms with E-state index in [1.54, 1.807) is 0 Å². The lowest BCUT2D eigenvalue weighted by Crippen LogP contribution is -2.22. The maximum Gasteiger partial charge on any atom is 0.0576 e. The van der Waals surface area contributed by atoms with E-state index in [4.69, 9.17) is 4.74 Å². The van der Waals surface area contributed by atoms with Gasteiger partial charge in [-0.05, 0) is 63.1 Å². The molecule has 0 spiro atoms. The van der Waals surface area contributed by atoms with Gasteiger partial charge in [0.05, 0.1) is 6.10 Å². The Balaban J connectivity index is 1.85. The number of nitrogens with one attached hydrogen (secondary N) is 1. The van der Waals surface area contributed by atoms with Crippen LogP contribution < -0.4 is 5.32 Å². The summed E-state index contributed by atoms with van der Waals surface area (Å²) in [6.07, 6.45) is 11.7. The van der Waals surface area contributed by atoms with Crippen molar-refractivity contribution in [2.24, 2.45) is 0 Å². The van der Waals surface area contributed by atoms with Gasteiger partial charge >= 0.3 is 0 Å². The molecule has 2 atom stereocenters. The Kier molecular flexibility index (Phi) is 6.48. The molecule has 0 amide bonds. The van der Waals surface area contributed by atoms with E-state index in [9.17, 15) is 0 Å². The number of ether oxygens (including phenoxy) is 1. The first kappa shape index (κ1) is 15.5. The zero-order valence-corrected chi connectivity index (χ0v) is 12.9. The number of aryl methyl sites for hydroxylation is 1. The van der Waals surface area contributed by atoms with Crippen molar-refractivity contribution in [1.29, 1.82) is 0 Å². The molecular weight excluding hydrogens is 248 g/mol. The van der Waals surface area contributed by atoms with E-state index in [-0.39, 0.29) is 0 Å². The first-order chi connectivity index (χ1) is 9.79. The molecule has 0 aliphatic carbocycles. The van der Waals surface area contributed by atoms with Crippen LogP contribution in [0.1, 0.15) is 62.6 Å². The lowest BCUT2D eigenvalue weighted by molar-refractivity contribution is 0.101. The Morgan fingerprint density at radius 2 is 2.35 bits per heavy atom. The maximum atomic E-state index is 5.71. The van der Waals surface area contributed by atoms with Gasteiger partial charge in [0, 0.05) is 25.0 Å². The number of rotatable bonds is 8. The average Bonchev–Trinajstić information content (AvgIpc) is 2.96. The minimum atomic E-state index is 0.434. The van der Waals surface area contributed by atoms with Gasteiger partial charge in [-0.2, -0.15) is 0 Å². The third-order valence-electron chi connectivity index (χ3n) is 3.98. The quantitative estimate of drug-likeness (QED) is 0.784. The van der Waals surface area contributed by atoms with Gasteiger partial charge in [-0.3, -0.25) is 4.98 Å². The summed E-state index contributed by atoms with van der Waals surface area (Å²) >= 11 is 0. The lowest BCUT2D eigenvalue weighted by Gasteiger charge is -2.20. The number of hydrogen-bond acceptors (Lipinski definition) is 3. The first-order valence-corrected chi connectivity index (χ1v) is 8.06. The van der Waals surface area contributed by atoms with Gasteiger partial charge in [-0.15, -0.1) is 0 Å². The molecule has 112 valence electrons. The third-order valence-corrected chi connectivity index (χ3v) is 3.98. The highest BCUT2D eigenvalue weighted by Gasteiger charge is 2.17. The van der Waals surface area contributed by atoms with Crippen LogP contribution in [0, 0.1) is 6.92 Å². The van der Waals surface area contributed by atoms with E-state index in [1.807, 2.05) is 12.4 Å². The largest absolute Gasteiger partial charge is 0.378 e. The molecule has 1 aliphatic rings. The van der Waals surface area contributed by atoms with Crippen molar-refractivity contribution >= 4 is 0 Å². The second-order valence-electron chi connectivity index (χ2n) is 5.87. The molecule has 1 aromatic rings. The van der Waals surface area contributed by atoms with Gasteiger partial charge in [0.25, 0.3) is 0 Å². The molecule has 1 aliphatic heterocycles. The Morgan fingerprint density at radius 3 is 3.05 bits per heavy atom. The van der Waals surface area contributed by atoms with Gasteiger partial charge in [0.2, 0.25) is 0 Å². The molecule has 0 radical (unpaired) electrons. The van der Waals surface area contributed by atoms with Crippen LogP contribution in [0.2, 0.25) is 0 Å². The molecule has 0 saturated carbocycles. The first-order valence-electron chi connectivity index (χ1n) is 8.06. The van der Waals surface area contributed by atoms with Crippen molar-refractivity contribution in [2.45, 2.75) is 64.5 Å². The standard InChI is InChI=1S/C17H28N2O/c1-3-9-19-17(15-11-14(2)12-18-13-15)8-4-6-16-7-5-10-20-16/h11-13,16-17,19H,3-10H2,1-2H3. The molecule has 2 rings (SSSR count). The lowest BCUT2D eigenvalue weighted by atomic mass is 9.99. The Labute approximate surface area is 123 Å². The second-order valence-corrected chi connectivity index (χ2v) is 5.87. The zero-order valence-electron chi connectivity index (χ0n) is 12.9. The van der Waals surface area contributed by atoms with E-state index in [1.165, 1.54) is 49.7 Å². The Morgan fingerprint density at radius 1 is 1.45 bits per heavy atom. The summed E-state index contributed by atoms with van der Waals surface area (Å²) in [4.78, 5) is 4.33. The minimum absolute atomic E-state index is 0.434. The summed E-state index contributed by atoms with van der Waals surface area (Å²) in [5.74, 6) is 0. The number of hydrogen-bond donors (Lipinski definition) is 1. The molecule has 1 N–H and O–H groups in total. The van der Waals surface area contributed by atoms with Gasteiger partial charge in [0.1, 0.15) is 0 Å². The molecule has 1 fully saturated rings. The van der Waals surface area contributed by atoms with E-state index >= 15 is 0 Å². The maximum absolute atomic E-state index is 5.71. The highest BCUT2D eigenvalue weighted by Crippen LogP contribution is 2.23. The van der Waals surface area contributed by atoms with Crippen molar-refractivity contribution in [3.8, 4) is 0 Å². The molecule has 1 saturated heterocycles. The number of nitrogens with zero attached hydrogens (tertiary/aromatic N) is 1. The van der Waals surface area contributed by atoms with Gasteiger partial charge in [-0.1, -0.05) is 13.0 Å². The Bertz CT molecular complexity index is 388. The van der Waals surface area contributed by atoms with Crippen LogP contribution in [0.15, 0.2) is 18.5 Å². The van der Waals surface area contributed by atoms with Crippen molar-refractivity contribution in [1.82, 2.24) is 10.3 Å². The fraction of sp³-hybridized carbons (Fsp3) is 0.706. The molecule has 2 heterocycles. The summed E-state index contributed by atoms with van der Waals surface area (Å²) in [6.45, 7) is 6.35. The van der Waals surface area contributed by atoms with Crippen molar-refractivity contribution in [3.63, 3.8) is 0 Å². The average molecular weight is 276 g/mol. The smallest absolute Gasteiger partial charge is 0.0576 e. The van der Waals surface area contributed by atoms with Crippen LogP contribution in [0.5, 0.6) is 0 Å². The highest BCUT2D eigenvalue weighted by atomic mass is 16.5. The van der Waals surface area contributed by atoms with Crippen LogP contribution in [-0.4, -0.2) is 24.2 Å². The van der Waals surface area contributed by atoms with Crippen LogP contribution in [-0.2, 0) is 4.74 Å². The van der Waals surface area contributed by atoms with Crippen LogP contribution in [0.4, 0.5) is 0 Å². The molecular formula is C17H28N2O. The van der Waals surface area contributed by atoms with E-state index < -0.39 is 0 Å². The molecule has 3 nitrogen and oxygen atoms in total. The van der Waals surface area contributed by atoms with E-state index in [0.29, 0.717) is 12.1 Å². The van der Waals surface area contributed by atoms with Crippen LogP contribution in [0.25, 0.3) is 0 Å². The Hall–Kier alpha value is -0.930. The summed E-state index contributed by atoms with van der Waals surface area (Å²) in [6, 6.07) is 2.69. The number of aromatic nitrogens is 1. The topological polar surface area (TPSA) is 34.1 Å². The normalized spacial score (nSPS) is 20.2. The predicted octanol–water partition coefficient (Wildman–Crippen LogP) is 3.78. The van der Waals surface area contributed by atoms with Gasteiger partial charge in [0.15, 0.2) is 0 Å². The fourth-order valence-corrected chi connectivity index (χ4v) is 2.90. The van der Waals surface area contributed by atoms with E-state index in [2.05, 4.69) is 30.2 Å². The molecule has 20 heavy (non-hydrogen) atoms. The summed E-state index contributed by atoms with van der Waals surface area (Å²) in [5.41, 5.74) is 2.57. The molecule has 1 aromatic heterocycles. The van der Waals surface area contributed by atoms with Crippen molar-refractivity contribution in [2.75, 3.05) is 13.2 Å². The van der Waals surface area contributed by atoms with E-state index in [0.717, 1.165) is 13.2 Å².